The van der Waals surface area contributed by atoms with Crippen molar-refractivity contribution in [1.82, 2.24) is 0 Å². The first-order valence-corrected chi connectivity index (χ1v) is 8.81. The molecule has 24 heavy (non-hydrogen) atoms. The molecule has 1 amide bonds. The van der Waals surface area contributed by atoms with Gasteiger partial charge in [0.05, 0.1) is 0 Å². The summed E-state index contributed by atoms with van der Waals surface area (Å²) >= 11 is 0. The zero-order chi connectivity index (χ0) is 17.3. The Morgan fingerprint density at radius 2 is 1.79 bits per heavy atom. The zero-order valence-corrected chi connectivity index (χ0v) is 15.2. The minimum Gasteiger partial charge on any atom is -0.312 e. The van der Waals surface area contributed by atoms with Crippen LogP contribution in [0.2, 0.25) is 0 Å². The van der Waals surface area contributed by atoms with Crippen LogP contribution in [-0.4, -0.2) is 12.5 Å². The molecule has 2 nitrogen and oxygen atoms in total. The minimum atomic E-state index is 0.138. The van der Waals surface area contributed by atoms with Crippen LogP contribution in [0.5, 0.6) is 0 Å². The molecule has 0 radical (unpaired) electrons. The van der Waals surface area contributed by atoms with Crippen LogP contribution in [-0.2, 0) is 11.2 Å². The van der Waals surface area contributed by atoms with Gasteiger partial charge in [0.2, 0.25) is 5.91 Å². The van der Waals surface area contributed by atoms with Crippen molar-refractivity contribution in [3.8, 4) is 0 Å². The van der Waals surface area contributed by atoms with E-state index in [1.165, 1.54) is 16.7 Å². The molecule has 0 spiro atoms. The lowest BCUT2D eigenvalue weighted by Crippen LogP contribution is -2.37. The van der Waals surface area contributed by atoms with Crippen LogP contribution in [0, 0.1) is 5.41 Å². The number of carbonyl (C=O) groups excluding carboxylic acids is 1. The molecule has 0 bridgehead atoms. The quantitative estimate of drug-likeness (QED) is 0.748. The van der Waals surface area contributed by atoms with Crippen LogP contribution in [0.4, 0.5) is 5.69 Å². The minimum absolute atomic E-state index is 0.138. The lowest BCUT2D eigenvalue weighted by Gasteiger charge is -2.40. The molecule has 0 fully saturated rings. The summed E-state index contributed by atoms with van der Waals surface area (Å²) in [6.07, 6.45) is 1.97. The maximum absolute atomic E-state index is 12.0. The summed E-state index contributed by atoms with van der Waals surface area (Å²) in [5.41, 5.74) is 5.27. The first kappa shape index (κ1) is 16.8. The van der Waals surface area contributed by atoms with Crippen LogP contribution in [0.3, 0.4) is 0 Å². The van der Waals surface area contributed by atoms with Gasteiger partial charge in [-0.2, -0.15) is 0 Å². The second kappa shape index (κ2) is 6.43. The number of benzene rings is 2. The highest BCUT2D eigenvalue weighted by Gasteiger charge is 2.34. The number of fused-ring (bicyclic) bond motifs is 1. The van der Waals surface area contributed by atoms with E-state index < -0.39 is 0 Å². The Labute approximate surface area is 145 Å². The summed E-state index contributed by atoms with van der Waals surface area (Å²) in [5, 5.41) is 0. The first-order chi connectivity index (χ1) is 11.4. The second-order valence-electron chi connectivity index (χ2n) is 7.93. The molecule has 1 atom stereocenters. The van der Waals surface area contributed by atoms with Gasteiger partial charge in [-0.05, 0) is 46.9 Å². The van der Waals surface area contributed by atoms with Crippen LogP contribution in [0.25, 0.3) is 0 Å². The maximum atomic E-state index is 12.0. The predicted molar refractivity (Wildman–Crippen MR) is 101 cm³/mol. The molecule has 2 aromatic carbocycles. The third-order valence-electron chi connectivity index (χ3n) is 5.08. The molecular weight excluding hydrogens is 294 g/mol. The van der Waals surface area contributed by atoms with Crippen molar-refractivity contribution < 1.29 is 4.79 Å². The fourth-order valence-corrected chi connectivity index (χ4v) is 3.83. The Kier molecular flexibility index (Phi) is 4.49. The van der Waals surface area contributed by atoms with Crippen LogP contribution in [0.15, 0.2) is 48.5 Å². The molecule has 2 aromatic rings. The summed E-state index contributed by atoms with van der Waals surface area (Å²) in [6, 6.07) is 17.2. The Morgan fingerprint density at radius 1 is 1.08 bits per heavy atom. The molecular formula is C22H27NO. The molecule has 1 aliphatic heterocycles. The van der Waals surface area contributed by atoms with Gasteiger partial charge in [-0.15, -0.1) is 0 Å². The largest absolute Gasteiger partial charge is 0.312 e. The van der Waals surface area contributed by atoms with Crippen molar-refractivity contribution in [2.45, 2.75) is 46.5 Å². The van der Waals surface area contributed by atoms with Gasteiger partial charge >= 0.3 is 0 Å². The first-order valence-electron chi connectivity index (χ1n) is 8.81. The smallest absolute Gasteiger partial charge is 0.223 e. The Bertz CT molecular complexity index is 727. The van der Waals surface area contributed by atoms with Gasteiger partial charge in [0, 0.05) is 19.2 Å². The van der Waals surface area contributed by atoms with Crippen molar-refractivity contribution in [2.75, 3.05) is 11.4 Å². The summed E-state index contributed by atoms with van der Waals surface area (Å²) in [5.74, 6) is 0.623. The van der Waals surface area contributed by atoms with Gasteiger partial charge in [0.25, 0.3) is 0 Å². The SMILES string of the molecule is CC(=O)N1CCC(C(C)(C)C)c2cc(Cc3ccccc3)ccc21. The molecule has 1 heterocycles. The number of nitrogens with zero attached hydrogens (tertiary/aromatic N) is 1. The standard InChI is InChI=1S/C22H27NO/c1-16(24)23-13-12-20(22(2,3)4)19-15-18(10-11-21(19)23)14-17-8-6-5-7-9-17/h5-11,15,20H,12-14H2,1-4H3. The van der Waals surface area contributed by atoms with Gasteiger partial charge in [0.15, 0.2) is 0 Å². The Hall–Kier alpha value is -2.09. The predicted octanol–water partition coefficient (Wildman–Crippen LogP) is 5.16. The molecule has 3 rings (SSSR count). The topological polar surface area (TPSA) is 20.3 Å². The monoisotopic (exact) mass is 321 g/mol. The number of amides is 1. The number of anilines is 1. The molecule has 1 unspecified atom stereocenters. The number of hydrogen-bond donors (Lipinski definition) is 0. The molecule has 2 heteroatoms. The van der Waals surface area contributed by atoms with E-state index in [1.807, 2.05) is 4.90 Å². The van der Waals surface area contributed by atoms with E-state index in [0.717, 1.165) is 25.1 Å². The van der Waals surface area contributed by atoms with Gasteiger partial charge < -0.3 is 4.90 Å². The normalized spacial score (nSPS) is 17.5. The highest BCUT2D eigenvalue weighted by Crippen LogP contribution is 2.45. The molecule has 0 saturated carbocycles. The maximum Gasteiger partial charge on any atom is 0.223 e. The Morgan fingerprint density at radius 3 is 2.42 bits per heavy atom. The lowest BCUT2D eigenvalue weighted by molar-refractivity contribution is -0.116. The van der Waals surface area contributed by atoms with E-state index in [2.05, 4.69) is 69.3 Å². The van der Waals surface area contributed by atoms with Crippen LogP contribution in [0.1, 0.15) is 56.7 Å². The average molecular weight is 321 g/mol. The van der Waals surface area contributed by atoms with E-state index in [0.29, 0.717) is 5.92 Å². The average Bonchev–Trinajstić information content (AvgIpc) is 2.53. The van der Waals surface area contributed by atoms with E-state index in [9.17, 15) is 4.79 Å². The van der Waals surface area contributed by atoms with Gasteiger partial charge in [-0.25, -0.2) is 0 Å². The fraction of sp³-hybridized carbons (Fsp3) is 0.409. The van der Waals surface area contributed by atoms with E-state index in [-0.39, 0.29) is 11.3 Å². The van der Waals surface area contributed by atoms with Gasteiger partial charge in [-0.3, -0.25) is 4.79 Å². The van der Waals surface area contributed by atoms with Crippen molar-refractivity contribution >= 4 is 11.6 Å². The molecule has 126 valence electrons. The summed E-state index contributed by atoms with van der Waals surface area (Å²) in [6.45, 7) is 9.39. The van der Waals surface area contributed by atoms with Crippen molar-refractivity contribution in [3.63, 3.8) is 0 Å². The van der Waals surface area contributed by atoms with E-state index >= 15 is 0 Å². The van der Waals surface area contributed by atoms with Gasteiger partial charge in [0.1, 0.15) is 0 Å². The van der Waals surface area contributed by atoms with Crippen molar-refractivity contribution in [1.29, 1.82) is 0 Å². The third-order valence-corrected chi connectivity index (χ3v) is 5.08. The van der Waals surface area contributed by atoms with Crippen LogP contribution >= 0.6 is 0 Å². The van der Waals surface area contributed by atoms with Gasteiger partial charge in [-0.1, -0.05) is 63.2 Å². The van der Waals surface area contributed by atoms with E-state index in [4.69, 9.17) is 0 Å². The van der Waals surface area contributed by atoms with Crippen LogP contribution < -0.4 is 4.90 Å². The third kappa shape index (κ3) is 3.38. The zero-order valence-electron chi connectivity index (χ0n) is 15.2. The number of hydrogen-bond acceptors (Lipinski definition) is 1. The number of carbonyl (C=O) groups is 1. The molecule has 0 aromatic heterocycles. The molecule has 0 N–H and O–H groups in total. The summed E-state index contributed by atoms with van der Waals surface area (Å²) in [4.78, 5) is 14.0. The highest BCUT2D eigenvalue weighted by molar-refractivity contribution is 5.93. The molecule has 0 saturated heterocycles. The summed E-state index contributed by atoms with van der Waals surface area (Å²) in [7, 11) is 0. The molecule has 1 aliphatic rings. The molecule has 0 aliphatic carbocycles. The Balaban J connectivity index is 2.01. The summed E-state index contributed by atoms with van der Waals surface area (Å²) < 4.78 is 0. The second-order valence-corrected chi connectivity index (χ2v) is 7.93. The highest BCUT2D eigenvalue weighted by atomic mass is 16.2. The van der Waals surface area contributed by atoms with Crippen molar-refractivity contribution in [2.24, 2.45) is 5.41 Å². The number of rotatable bonds is 2. The fourth-order valence-electron chi connectivity index (χ4n) is 3.83. The van der Waals surface area contributed by atoms with Crippen molar-refractivity contribution in [3.05, 3.63) is 65.2 Å². The lowest BCUT2D eigenvalue weighted by atomic mass is 9.72. The van der Waals surface area contributed by atoms with E-state index in [1.54, 1.807) is 6.92 Å².